The fraction of sp³-hybridized carbons (Fsp3) is 0.529. The lowest BCUT2D eigenvalue weighted by molar-refractivity contribution is -0.125. The minimum atomic E-state index is -1.17. The molecule has 132 valence electrons. The van der Waals surface area contributed by atoms with E-state index in [-0.39, 0.29) is 30.8 Å². The molecule has 0 aromatic heterocycles. The van der Waals surface area contributed by atoms with Crippen molar-refractivity contribution in [3.8, 4) is 0 Å². The number of nitrogens with one attached hydrogen (secondary N) is 2. The Labute approximate surface area is 141 Å². The first-order chi connectivity index (χ1) is 11.4. The molecule has 1 saturated heterocycles. The fourth-order valence-electron chi connectivity index (χ4n) is 2.61. The SMILES string of the molecule is CC(C)NC(=O)C[C@H]1O[C@H](CNC(=O)c2ccccc2)[C@@H](O)[C@H]1O. The normalized spacial score (nSPS) is 26.4. The summed E-state index contributed by atoms with van der Waals surface area (Å²) in [6.45, 7) is 3.72. The highest BCUT2D eigenvalue weighted by atomic mass is 16.5. The maximum absolute atomic E-state index is 12.0. The monoisotopic (exact) mass is 336 g/mol. The molecule has 0 radical (unpaired) electrons. The van der Waals surface area contributed by atoms with Gasteiger partial charge in [-0.15, -0.1) is 0 Å². The summed E-state index contributed by atoms with van der Waals surface area (Å²) >= 11 is 0. The molecule has 0 aliphatic carbocycles. The van der Waals surface area contributed by atoms with Crippen LogP contribution in [0.5, 0.6) is 0 Å². The van der Waals surface area contributed by atoms with Gasteiger partial charge >= 0.3 is 0 Å². The number of aliphatic hydroxyl groups is 2. The van der Waals surface area contributed by atoms with E-state index in [2.05, 4.69) is 10.6 Å². The maximum atomic E-state index is 12.0. The molecule has 2 rings (SSSR count). The van der Waals surface area contributed by atoms with E-state index in [0.717, 1.165) is 0 Å². The zero-order valence-corrected chi connectivity index (χ0v) is 13.8. The molecule has 1 heterocycles. The molecule has 0 unspecified atom stereocenters. The molecular formula is C17H24N2O5. The topological polar surface area (TPSA) is 108 Å². The number of hydrogen-bond donors (Lipinski definition) is 4. The highest BCUT2D eigenvalue weighted by Crippen LogP contribution is 2.23. The predicted octanol–water partition coefficient (Wildman–Crippen LogP) is -0.180. The van der Waals surface area contributed by atoms with Crippen molar-refractivity contribution in [3.63, 3.8) is 0 Å². The third-order valence-corrected chi connectivity index (χ3v) is 3.80. The third-order valence-electron chi connectivity index (χ3n) is 3.80. The minimum absolute atomic E-state index is 0.0121. The van der Waals surface area contributed by atoms with Crippen molar-refractivity contribution in [1.29, 1.82) is 0 Å². The second-order valence-electron chi connectivity index (χ2n) is 6.20. The first-order valence-corrected chi connectivity index (χ1v) is 8.02. The van der Waals surface area contributed by atoms with Gasteiger partial charge in [-0.25, -0.2) is 0 Å². The van der Waals surface area contributed by atoms with E-state index >= 15 is 0 Å². The van der Waals surface area contributed by atoms with Crippen molar-refractivity contribution < 1.29 is 24.5 Å². The van der Waals surface area contributed by atoms with Gasteiger partial charge in [-0.2, -0.15) is 0 Å². The van der Waals surface area contributed by atoms with Crippen molar-refractivity contribution in [1.82, 2.24) is 10.6 Å². The lowest BCUT2D eigenvalue weighted by atomic mass is 10.1. The Kier molecular flexibility index (Phi) is 6.30. The second-order valence-corrected chi connectivity index (χ2v) is 6.20. The summed E-state index contributed by atoms with van der Waals surface area (Å²) in [5, 5.41) is 25.4. The van der Waals surface area contributed by atoms with Crippen molar-refractivity contribution >= 4 is 11.8 Å². The molecule has 4 atom stereocenters. The van der Waals surface area contributed by atoms with Crippen LogP contribution < -0.4 is 10.6 Å². The van der Waals surface area contributed by atoms with Gasteiger partial charge in [-0.3, -0.25) is 9.59 Å². The highest BCUT2D eigenvalue weighted by Gasteiger charge is 2.43. The molecule has 0 spiro atoms. The number of carbonyl (C=O) groups is 2. The van der Waals surface area contributed by atoms with Crippen molar-refractivity contribution in [2.75, 3.05) is 6.54 Å². The average Bonchev–Trinajstić information content (AvgIpc) is 2.80. The fourth-order valence-corrected chi connectivity index (χ4v) is 2.61. The summed E-state index contributed by atoms with van der Waals surface area (Å²) in [6, 6.07) is 8.65. The lowest BCUT2D eigenvalue weighted by Gasteiger charge is -2.16. The van der Waals surface area contributed by atoms with Crippen LogP contribution in [0, 0.1) is 0 Å². The van der Waals surface area contributed by atoms with Crippen LogP contribution in [0.25, 0.3) is 0 Å². The van der Waals surface area contributed by atoms with Gasteiger partial charge < -0.3 is 25.6 Å². The van der Waals surface area contributed by atoms with Gasteiger partial charge in [-0.1, -0.05) is 18.2 Å². The molecule has 2 amide bonds. The molecule has 7 nitrogen and oxygen atoms in total. The molecule has 7 heteroatoms. The van der Waals surface area contributed by atoms with Crippen LogP contribution in [0.1, 0.15) is 30.6 Å². The van der Waals surface area contributed by atoms with E-state index < -0.39 is 24.4 Å². The van der Waals surface area contributed by atoms with E-state index in [1.165, 1.54) is 0 Å². The molecule has 0 saturated carbocycles. The number of rotatable bonds is 6. The lowest BCUT2D eigenvalue weighted by Crippen LogP contribution is -2.40. The molecule has 1 fully saturated rings. The molecular weight excluding hydrogens is 312 g/mol. The van der Waals surface area contributed by atoms with E-state index in [0.29, 0.717) is 5.56 Å². The quantitative estimate of drug-likeness (QED) is 0.576. The van der Waals surface area contributed by atoms with Crippen LogP contribution in [-0.4, -0.2) is 59.0 Å². The summed E-state index contributed by atoms with van der Waals surface area (Å²) in [5.74, 6) is -0.544. The summed E-state index contributed by atoms with van der Waals surface area (Å²) < 4.78 is 5.55. The Morgan fingerprint density at radius 1 is 1.12 bits per heavy atom. The van der Waals surface area contributed by atoms with Gasteiger partial charge in [0, 0.05) is 18.2 Å². The van der Waals surface area contributed by atoms with Gasteiger partial charge in [0.15, 0.2) is 0 Å². The Hall–Kier alpha value is -1.96. The molecule has 1 aromatic carbocycles. The molecule has 0 bridgehead atoms. The van der Waals surface area contributed by atoms with Gasteiger partial charge in [0.1, 0.15) is 18.3 Å². The van der Waals surface area contributed by atoms with Crippen LogP contribution in [0.4, 0.5) is 0 Å². The van der Waals surface area contributed by atoms with Crippen LogP contribution >= 0.6 is 0 Å². The Bertz CT molecular complexity index is 563. The van der Waals surface area contributed by atoms with Crippen LogP contribution in [-0.2, 0) is 9.53 Å². The first-order valence-electron chi connectivity index (χ1n) is 8.02. The van der Waals surface area contributed by atoms with Crippen LogP contribution in [0.3, 0.4) is 0 Å². The molecule has 24 heavy (non-hydrogen) atoms. The zero-order valence-electron chi connectivity index (χ0n) is 13.8. The average molecular weight is 336 g/mol. The number of amides is 2. The van der Waals surface area contributed by atoms with E-state index in [4.69, 9.17) is 4.74 Å². The molecule has 1 aliphatic rings. The van der Waals surface area contributed by atoms with Crippen LogP contribution in [0.2, 0.25) is 0 Å². The summed E-state index contributed by atoms with van der Waals surface area (Å²) in [6.07, 6.45) is -3.92. The Balaban J connectivity index is 1.86. The van der Waals surface area contributed by atoms with Gasteiger partial charge in [0.05, 0.1) is 12.5 Å². The smallest absolute Gasteiger partial charge is 0.251 e. The largest absolute Gasteiger partial charge is 0.388 e. The number of aliphatic hydroxyl groups excluding tert-OH is 2. The first kappa shape index (κ1) is 18.4. The highest BCUT2D eigenvalue weighted by molar-refractivity contribution is 5.94. The predicted molar refractivity (Wildman–Crippen MR) is 87.3 cm³/mol. The number of carbonyl (C=O) groups excluding carboxylic acids is 2. The second kappa shape index (κ2) is 8.23. The number of benzene rings is 1. The van der Waals surface area contributed by atoms with Gasteiger partial charge in [0.2, 0.25) is 5.91 Å². The summed E-state index contributed by atoms with van der Waals surface area (Å²) in [4.78, 5) is 23.8. The molecule has 1 aliphatic heterocycles. The Morgan fingerprint density at radius 2 is 1.75 bits per heavy atom. The third kappa shape index (κ3) is 4.77. The van der Waals surface area contributed by atoms with Crippen LogP contribution in [0.15, 0.2) is 30.3 Å². The zero-order chi connectivity index (χ0) is 17.7. The molecule has 1 aromatic rings. The van der Waals surface area contributed by atoms with E-state index in [1.54, 1.807) is 24.3 Å². The van der Waals surface area contributed by atoms with E-state index in [9.17, 15) is 19.8 Å². The summed E-state index contributed by atoms with van der Waals surface area (Å²) in [7, 11) is 0. The minimum Gasteiger partial charge on any atom is -0.388 e. The van der Waals surface area contributed by atoms with Gasteiger partial charge in [0.25, 0.3) is 5.91 Å². The number of hydrogen-bond acceptors (Lipinski definition) is 5. The maximum Gasteiger partial charge on any atom is 0.251 e. The summed E-state index contributed by atoms with van der Waals surface area (Å²) in [5.41, 5.74) is 0.499. The Morgan fingerprint density at radius 3 is 2.38 bits per heavy atom. The van der Waals surface area contributed by atoms with E-state index in [1.807, 2.05) is 19.9 Å². The van der Waals surface area contributed by atoms with Crippen molar-refractivity contribution in [3.05, 3.63) is 35.9 Å². The van der Waals surface area contributed by atoms with Crippen molar-refractivity contribution in [2.24, 2.45) is 0 Å². The van der Waals surface area contributed by atoms with Crippen molar-refractivity contribution in [2.45, 2.75) is 50.7 Å². The molecule has 4 N–H and O–H groups in total. The standard InChI is InChI=1S/C17H24N2O5/c1-10(2)19-14(20)8-12-15(21)16(22)13(24-12)9-18-17(23)11-6-4-3-5-7-11/h3-7,10,12-13,15-16,21-22H,8-9H2,1-2H3,(H,18,23)(H,19,20)/t12-,13-,15+,16-/m1/s1. The number of ether oxygens (including phenoxy) is 1. The van der Waals surface area contributed by atoms with Gasteiger partial charge in [-0.05, 0) is 26.0 Å².